The van der Waals surface area contributed by atoms with Crippen LogP contribution in [0.3, 0.4) is 0 Å². The highest BCUT2D eigenvalue weighted by molar-refractivity contribution is 5.90. The minimum Gasteiger partial charge on any atom is -0.208 e. The molecule has 3 nitrogen and oxygen atoms in total. The maximum absolute atomic E-state index is 5.27. The molecule has 1 aromatic heterocycles. The smallest absolute Gasteiger partial charge is 0.164 e. The number of hydrogen-bond acceptors (Lipinski definition) is 3. The van der Waals surface area contributed by atoms with Crippen molar-refractivity contribution < 1.29 is 0 Å². The first-order chi connectivity index (χ1) is 28.5. The van der Waals surface area contributed by atoms with E-state index in [-0.39, 0.29) is 5.41 Å². The van der Waals surface area contributed by atoms with E-state index in [1.54, 1.807) is 0 Å². The van der Waals surface area contributed by atoms with E-state index >= 15 is 0 Å². The van der Waals surface area contributed by atoms with Crippen molar-refractivity contribution >= 4 is 0 Å². The molecule has 0 bridgehead atoms. The summed E-state index contributed by atoms with van der Waals surface area (Å²) in [4.78, 5) is 15.7. The monoisotopic (exact) mass is 741 g/mol. The Hall–Kier alpha value is -7.23. The molecule has 1 heterocycles. The van der Waals surface area contributed by atoms with Crippen LogP contribution in [0.5, 0.6) is 0 Å². The SMILES string of the molecule is CC1(C)c2ccccc2C2(c3ccccc3-c3cc(-c4nc(-c5cccc(-c6ccccc6)c5)nc(-c5cccc(-c6ccccc6)c5)n4)ccc32)c2ccccc21. The van der Waals surface area contributed by atoms with Gasteiger partial charge in [0.25, 0.3) is 0 Å². The van der Waals surface area contributed by atoms with Crippen molar-refractivity contribution in [1.82, 2.24) is 15.0 Å². The molecule has 3 heteroatoms. The van der Waals surface area contributed by atoms with Crippen LogP contribution in [-0.4, -0.2) is 15.0 Å². The minimum absolute atomic E-state index is 0.149. The van der Waals surface area contributed by atoms with E-state index in [2.05, 4.69) is 202 Å². The number of hydrogen-bond donors (Lipinski definition) is 0. The fourth-order valence-electron chi connectivity index (χ4n) is 9.70. The van der Waals surface area contributed by atoms with E-state index in [1.165, 1.54) is 44.5 Å². The summed E-state index contributed by atoms with van der Waals surface area (Å²) in [6.07, 6.45) is 0. The molecule has 0 radical (unpaired) electrons. The first-order valence-electron chi connectivity index (χ1n) is 20.0. The van der Waals surface area contributed by atoms with Gasteiger partial charge in [-0.05, 0) is 85.0 Å². The largest absolute Gasteiger partial charge is 0.208 e. The summed E-state index contributed by atoms with van der Waals surface area (Å²) >= 11 is 0. The quantitative estimate of drug-likeness (QED) is 0.176. The Balaban J connectivity index is 1.13. The number of nitrogens with zero attached hydrogens (tertiary/aromatic N) is 3. The second-order valence-corrected chi connectivity index (χ2v) is 16.0. The number of rotatable bonds is 5. The lowest BCUT2D eigenvalue weighted by Crippen LogP contribution is -2.40. The van der Waals surface area contributed by atoms with Crippen LogP contribution >= 0.6 is 0 Å². The molecular formula is C55H39N3. The van der Waals surface area contributed by atoms with Gasteiger partial charge in [0.05, 0.1) is 5.41 Å². The fraction of sp³-hybridized carbons (Fsp3) is 0.0727. The maximum atomic E-state index is 5.27. The third-order valence-corrected chi connectivity index (χ3v) is 12.4. The molecule has 0 fully saturated rings. The molecule has 9 aromatic rings. The van der Waals surface area contributed by atoms with Gasteiger partial charge in [-0.25, -0.2) is 15.0 Å². The number of aromatic nitrogens is 3. The maximum Gasteiger partial charge on any atom is 0.164 e. The van der Waals surface area contributed by atoms with Crippen molar-refractivity contribution in [3.63, 3.8) is 0 Å². The van der Waals surface area contributed by atoms with E-state index in [0.717, 1.165) is 38.9 Å². The van der Waals surface area contributed by atoms with Crippen LogP contribution in [0.4, 0.5) is 0 Å². The topological polar surface area (TPSA) is 38.7 Å². The molecule has 0 N–H and O–H groups in total. The van der Waals surface area contributed by atoms with E-state index < -0.39 is 5.41 Å². The molecule has 274 valence electrons. The van der Waals surface area contributed by atoms with Gasteiger partial charge in [0.15, 0.2) is 17.5 Å². The van der Waals surface area contributed by atoms with Gasteiger partial charge >= 0.3 is 0 Å². The third-order valence-electron chi connectivity index (χ3n) is 12.4. The van der Waals surface area contributed by atoms with Gasteiger partial charge in [-0.3, -0.25) is 0 Å². The molecule has 0 saturated heterocycles. The van der Waals surface area contributed by atoms with Crippen molar-refractivity contribution in [1.29, 1.82) is 0 Å². The molecule has 0 aliphatic heterocycles. The molecule has 8 aromatic carbocycles. The van der Waals surface area contributed by atoms with E-state index in [4.69, 9.17) is 15.0 Å². The van der Waals surface area contributed by atoms with Crippen LogP contribution in [0.1, 0.15) is 47.2 Å². The summed E-state index contributed by atoms with van der Waals surface area (Å²) < 4.78 is 0. The third kappa shape index (κ3) is 5.17. The zero-order valence-corrected chi connectivity index (χ0v) is 32.4. The van der Waals surface area contributed by atoms with Gasteiger partial charge in [0.1, 0.15) is 0 Å². The van der Waals surface area contributed by atoms with Gasteiger partial charge in [0, 0.05) is 22.1 Å². The first kappa shape index (κ1) is 34.1. The van der Waals surface area contributed by atoms with Crippen LogP contribution in [0.15, 0.2) is 200 Å². The Bertz CT molecular complexity index is 2890. The Morgan fingerprint density at radius 1 is 0.276 bits per heavy atom. The lowest BCUT2D eigenvalue weighted by atomic mass is 9.55. The standard InChI is InChI=1S/C55H39N3/c1-54(2)47-27-11-13-29-49(47)55(50-30-14-12-28-48(50)54)45-26-10-9-25-43(45)44-35-42(31-32-46(44)55)53-57-51(40-23-15-21-38(33-40)36-17-5-3-6-18-36)56-52(58-53)41-24-16-22-39(34-41)37-19-7-4-8-20-37/h3-35H,1-2H3. The molecule has 11 rings (SSSR count). The summed E-state index contributed by atoms with van der Waals surface area (Å²) in [5.74, 6) is 1.91. The van der Waals surface area contributed by atoms with Crippen molar-refractivity contribution in [2.45, 2.75) is 24.7 Å². The van der Waals surface area contributed by atoms with Gasteiger partial charge in [-0.15, -0.1) is 0 Å². The lowest BCUT2D eigenvalue weighted by molar-refractivity contribution is 0.563. The first-order valence-corrected chi connectivity index (χ1v) is 20.0. The molecule has 0 saturated carbocycles. The van der Waals surface area contributed by atoms with Crippen LogP contribution in [0.25, 0.3) is 67.5 Å². The molecule has 58 heavy (non-hydrogen) atoms. The second kappa shape index (κ2) is 13.2. The minimum atomic E-state index is -0.460. The zero-order chi connectivity index (χ0) is 38.8. The summed E-state index contributed by atoms with van der Waals surface area (Å²) in [6.45, 7) is 4.73. The highest BCUT2D eigenvalue weighted by Crippen LogP contribution is 2.62. The van der Waals surface area contributed by atoms with Gasteiger partial charge in [-0.1, -0.05) is 196 Å². The predicted octanol–water partition coefficient (Wildman–Crippen LogP) is 13.2. The lowest BCUT2D eigenvalue weighted by Gasteiger charge is -2.46. The van der Waals surface area contributed by atoms with Crippen LogP contribution in [0, 0.1) is 0 Å². The predicted molar refractivity (Wildman–Crippen MR) is 236 cm³/mol. The van der Waals surface area contributed by atoms with Crippen LogP contribution in [0.2, 0.25) is 0 Å². The zero-order valence-electron chi connectivity index (χ0n) is 32.4. The van der Waals surface area contributed by atoms with E-state index in [1.807, 2.05) is 12.1 Å². The Morgan fingerprint density at radius 2 is 0.655 bits per heavy atom. The summed E-state index contributed by atoms with van der Waals surface area (Å²) in [7, 11) is 0. The highest BCUT2D eigenvalue weighted by atomic mass is 15.0. The Labute approximate surface area is 339 Å². The fourth-order valence-corrected chi connectivity index (χ4v) is 9.70. The Morgan fingerprint density at radius 3 is 1.17 bits per heavy atom. The summed E-state index contributed by atoms with van der Waals surface area (Å²) in [5.41, 5.74) is 17.2. The van der Waals surface area contributed by atoms with Gasteiger partial charge in [-0.2, -0.15) is 0 Å². The molecule has 2 aliphatic carbocycles. The molecule has 0 amide bonds. The second-order valence-electron chi connectivity index (χ2n) is 16.0. The molecule has 0 atom stereocenters. The van der Waals surface area contributed by atoms with Gasteiger partial charge < -0.3 is 0 Å². The normalized spacial score (nSPS) is 14.0. The van der Waals surface area contributed by atoms with E-state index in [9.17, 15) is 0 Å². The summed E-state index contributed by atoms with van der Waals surface area (Å²) in [6, 6.07) is 71.9. The molecule has 2 aliphatic rings. The van der Waals surface area contributed by atoms with Crippen molar-refractivity contribution in [2.75, 3.05) is 0 Å². The number of benzene rings is 8. The average Bonchev–Trinajstić information content (AvgIpc) is 3.59. The van der Waals surface area contributed by atoms with Crippen molar-refractivity contribution in [2.24, 2.45) is 0 Å². The number of fused-ring (bicyclic) bond motifs is 9. The molecular weight excluding hydrogens is 703 g/mol. The van der Waals surface area contributed by atoms with Crippen molar-refractivity contribution in [3.8, 4) is 67.5 Å². The van der Waals surface area contributed by atoms with Crippen LogP contribution < -0.4 is 0 Å². The molecule has 1 spiro atoms. The highest BCUT2D eigenvalue weighted by Gasteiger charge is 2.53. The van der Waals surface area contributed by atoms with Crippen LogP contribution in [-0.2, 0) is 10.8 Å². The van der Waals surface area contributed by atoms with E-state index in [0.29, 0.717) is 17.5 Å². The Kier molecular flexibility index (Phi) is 7.74. The average molecular weight is 742 g/mol. The summed E-state index contributed by atoms with van der Waals surface area (Å²) in [5, 5.41) is 0. The van der Waals surface area contributed by atoms with Gasteiger partial charge in [0.2, 0.25) is 0 Å². The molecule has 0 unspecified atom stereocenters. The van der Waals surface area contributed by atoms with Crippen molar-refractivity contribution in [3.05, 3.63) is 234 Å².